The lowest BCUT2D eigenvalue weighted by Crippen LogP contribution is -2.44. The van der Waals surface area contributed by atoms with Gasteiger partial charge in [-0.3, -0.25) is 0 Å². The molecule has 1 aliphatic heterocycles. The summed E-state index contributed by atoms with van der Waals surface area (Å²) in [6.07, 6.45) is 1.43. The van der Waals surface area contributed by atoms with E-state index in [9.17, 15) is 0 Å². The number of morpholine rings is 1. The Hall–Kier alpha value is -1.07. The number of nitrogens with zero attached hydrogens (tertiary/aromatic N) is 3. The molecule has 1 aromatic heterocycles. The van der Waals surface area contributed by atoms with Crippen LogP contribution in [0.5, 0.6) is 0 Å². The van der Waals surface area contributed by atoms with Gasteiger partial charge in [0.15, 0.2) is 5.82 Å². The van der Waals surface area contributed by atoms with Crippen molar-refractivity contribution in [3.05, 3.63) is 11.3 Å². The number of ether oxygens (including phenoxy) is 1. The van der Waals surface area contributed by atoms with Gasteiger partial charge in [-0.15, -0.1) is 0 Å². The number of hydrogen-bond acceptors (Lipinski definition) is 5. The minimum atomic E-state index is 0.255. The second kappa shape index (κ2) is 4.20. The van der Waals surface area contributed by atoms with Gasteiger partial charge in [-0.25, -0.2) is 9.97 Å². The summed E-state index contributed by atoms with van der Waals surface area (Å²) in [4.78, 5) is 10.1. The smallest absolute Gasteiger partial charge is 0.153 e. The Morgan fingerprint density at radius 1 is 1.60 bits per heavy atom. The van der Waals surface area contributed by atoms with Crippen LogP contribution in [0.15, 0.2) is 6.33 Å². The van der Waals surface area contributed by atoms with Gasteiger partial charge in [0.25, 0.3) is 0 Å². The zero-order chi connectivity index (χ0) is 10.8. The fourth-order valence-electron chi connectivity index (χ4n) is 1.62. The first-order valence-corrected chi connectivity index (χ1v) is 5.18. The van der Waals surface area contributed by atoms with Gasteiger partial charge in [0.1, 0.15) is 17.2 Å². The predicted octanol–water partition coefficient (Wildman–Crippen LogP) is 0.937. The lowest BCUT2D eigenvalue weighted by molar-refractivity contribution is 0.0985. The molecule has 1 fully saturated rings. The third-order valence-electron chi connectivity index (χ3n) is 2.44. The second-order valence-electron chi connectivity index (χ2n) is 3.51. The van der Waals surface area contributed by atoms with Gasteiger partial charge in [0.2, 0.25) is 0 Å². The standard InChI is InChI=1S/C9H13ClN4O/c1-6-4-15-3-2-14(6)9-7(10)8(11)12-5-13-9/h5-6H,2-4H2,1H3,(H2,11,12,13). The van der Waals surface area contributed by atoms with Crippen LogP contribution in [0.25, 0.3) is 0 Å². The van der Waals surface area contributed by atoms with Gasteiger partial charge in [-0.2, -0.15) is 0 Å². The number of halogens is 1. The summed E-state index contributed by atoms with van der Waals surface area (Å²) in [7, 11) is 0. The quantitative estimate of drug-likeness (QED) is 0.775. The van der Waals surface area contributed by atoms with Crippen LogP contribution in [-0.4, -0.2) is 35.8 Å². The van der Waals surface area contributed by atoms with Crippen molar-refractivity contribution >= 4 is 23.2 Å². The van der Waals surface area contributed by atoms with Crippen LogP contribution in [0.3, 0.4) is 0 Å². The van der Waals surface area contributed by atoms with Crippen molar-refractivity contribution in [3.63, 3.8) is 0 Å². The van der Waals surface area contributed by atoms with Gasteiger partial charge in [0.05, 0.1) is 19.3 Å². The first kappa shape index (κ1) is 10.4. The molecule has 0 radical (unpaired) electrons. The number of aromatic nitrogens is 2. The summed E-state index contributed by atoms with van der Waals surface area (Å²) in [6, 6.07) is 0.255. The van der Waals surface area contributed by atoms with Crippen LogP contribution in [0.2, 0.25) is 5.02 Å². The summed E-state index contributed by atoms with van der Waals surface area (Å²) in [6.45, 7) is 4.20. The van der Waals surface area contributed by atoms with E-state index in [-0.39, 0.29) is 6.04 Å². The second-order valence-corrected chi connectivity index (χ2v) is 3.89. The minimum Gasteiger partial charge on any atom is -0.382 e. The third kappa shape index (κ3) is 1.98. The van der Waals surface area contributed by atoms with E-state index in [1.807, 2.05) is 0 Å². The van der Waals surface area contributed by atoms with Crippen molar-refractivity contribution in [2.45, 2.75) is 13.0 Å². The summed E-state index contributed by atoms with van der Waals surface area (Å²) in [5.74, 6) is 1.01. The molecule has 1 aromatic rings. The summed E-state index contributed by atoms with van der Waals surface area (Å²) < 4.78 is 5.34. The SMILES string of the molecule is CC1COCCN1c1ncnc(N)c1Cl. The van der Waals surface area contributed by atoms with E-state index < -0.39 is 0 Å². The highest BCUT2D eigenvalue weighted by molar-refractivity contribution is 6.35. The van der Waals surface area contributed by atoms with Crippen LogP contribution in [0.4, 0.5) is 11.6 Å². The van der Waals surface area contributed by atoms with Crippen molar-refractivity contribution in [2.75, 3.05) is 30.4 Å². The predicted molar refractivity (Wildman–Crippen MR) is 59.1 cm³/mol. The minimum absolute atomic E-state index is 0.255. The number of rotatable bonds is 1. The number of nitrogen functional groups attached to an aromatic ring is 1. The molecule has 0 saturated carbocycles. The summed E-state index contributed by atoms with van der Waals surface area (Å²) >= 11 is 6.06. The van der Waals surface area contributed by atoms with E-state index in [0.29, 0.717) is 29.9 Å². The van der Waals surface area contributed by atoms with Crippen molar-refractivity contribution in [1.29, 1.82) is 0 Å². The highest BCUT2D eigenvalue weighted by Gasteiger charge is 2.23. The van der Waals surface area contributed by atoms with E-state index >= 15 is 0 Å². The molecule has 0 bridgehead atoms. The maximum atomic E-state index is 6.06. The van der Waals surface area contributed by atoms with E-state index in [2.05, 4.69) is 21.8 Å². The Balaban J connectivity index is 2.31. The normalized spacial score (nSPS) is 21.7. The largest absolute Gasteiger partial charge is 0.382 e. The van der Waals surface area contributed by atoms with E-state index in [4.69, 9.17) is 22.1 Å². The molecule has 1 atom stereocenters. The van der Waals surface area contributed by atoms with E-state index in [1.165, 1.54) is 6.33 Å². The highest BCUT2D eigenvalue weighted by Crippen LogP contribution is 2.28. The number of nitrogens with two attached hydrogens (primary N) is 1. The monoisotopic (exact) mass is 228 g/mol. The highest BCUT2D eigenvalue weighted by atomic mass is 35.5. The Kier molecular flexibility index (Phi) is 2.93. The molecule has 0 spiro atoms. The molecule has 6 heteroatoms. The van der Waals surface area contributed by atoms with Gasteiger partial charge in [-0.05, 0) is 6.92 Å². The average molecular weight is 229 g/mol. The average Bonchev–Trinajstić information content (AvgIpc) is 2.23. The Labute approximate surface area is 93.2 Å². The van der Waals surface area contributed by atoms with Gasteiger partial charge in [-0.1, -0.05) is 11.6 Å². The molecular formula is C9H13ClN4O. The molecule has 1 saturated heterocycles. The number of anilines is 2. The Morgan fingerprint density at radius 2 is 2.40 bits per heavy atom. The zero-order valence-electron chi connectivity index (χ0n) is 8.48. The van der Waals surface area contributed by atoms with Crippen LogP contribution in [-0.2, 0) is 4.74 Å². The molecule has 2 rings (SSSR count). The van der Waals surface area contributed by atoms with Crippen LogP contribution < -0.4 is 10.6 Å². The van der Waals surface area contributed by atoms with Crippen LogP contribution >= 0.6 is 11.6 Å². The fraction of sp³-hybridized carbons (Fsp3) is 0.556. The molecule has 82 valence electrons. The maximum absolute atomic E-state index is 6.06. The molecule has 2 heterocycles. The lowest BCUT2D eigenvalue weighted by atomic mass is 10.2. The third-order valence-corrected chi connectivity index (χ3v) is 2.80. The zero-order valence-corrected chi connectivity index (χ0v) is 9.24. The Morgan fingerprint density at radius 3 is 3.13 bits per heavy atom. The van der Waals surface area contributed by atoms with E-state index in [1.54, 1.807) is 0 Å². The topological polar surface area (TPSA) is 64.3 Å². The van der Waals surface area contributed by atoms with E-state index in [0.717, 1.165) is 6.54 Å². The Bertz CT molecular complexity index is 360. The van der Waals surface area contributed by atoms with Crippen LogP contribution in [0.1, 0.15) is 6.92 Å². The maximum Gasteiger partial charge on any atom is 0.153 e. The summed E-state index contributed by atoms with van der Waals surface area (Å²) in [5.41, 5.74) is 5.63. The van der Waals surface area contributed by atoms with Gasteiger partial charge in [0, 0.05) is 6.54 Å². The molecule has 15 heavy (non-hydrogen) atoms. The first-order chi connectivity index (χ1) is 7.20. The molecule has 1 unspecified atom stereocenters. The summed E-state index contributed by atoms with van der Waals surface area (Å²) in [5, 5.41) is 0.422. The molecule has 2 N–H and O–H groups in total. The van der Waals surface area contributed by atoms with Crippen molar-refractivity contribution in [2.24, 2.45) is 0 Å². The molecule has 1 aliphatic rings. The molecule has 0 aromatic carbocycles. The van der Waals surface area contributed by atoms with Crippen molar-refractivity contribution in [1.82, 2.24) is 9.97 Å². The van der Waals surface area contributed by atoms with Gasteiger partial charge >= 0.3 is 0 Å². The van der Waals surface area contributed by atoms with Crippen molar-refractivity contribution in [3.8, 4) is 0 Å². The van der Waals surface area contributed by atoms with Crippen molar-refractivity contribution < 1.29 is 4.74 Å². The lowest BCUT2D eigenvalue weighted by Gasteiger charge is -2.34. The number of hydrogen-bond donors (Lipinski definition) is 1. The van der Waals surface area contributed by atoms with Gasteiger partial charge < -0.3 is 15.4 Å². The molecule has 5 nitrogen and oxygen atoms in total. The molecule has 0 amide bonds. The van der Waals surface area contributed by atoms with Crippen LogP contribution in [0, 0.1) is 0 Å². The molecule has 0 aliphatic carbocycles. The molecular weight excluding hydrogens is 216 g/mol. The first-order valence-electron chi connectivity index (χ1n) is 4.80. The fourth-order valence-corrected chi connectivity index (χ4v) is 1.82.